The molecule has 1 fully saturated rings. The fourth-order valence-electron chi connectivity index (χ4n) is 2.98. The molecule has 27 heavy (non-hydrogen) atoms. The Morgan fingerprint density at radius 1 is 0.852 bits per heavy atom. The number of urea groups is 1. The number of nitrogens with zero attached hydrogens (tertiary/aromatic N) is 2. The van der Waals surface area contributed by atoms with Crippen LogP contribution in [0.4, 0.5) is 22.4 Å². The topological polar surface area (TPSA) is 104 Å². The van der Waals surface area contributed by atoms with Gasteiger partial charge in [0, 0.05) is 6.54 Å². The van der Waals surface area contributed by atoms with Gasteiger partial charge < -0.3 is 0 Å². The average molecular weight is 387 g/mol. The van der Waals surface area contributed by atoms with Gasteiger partial charge in [-0.15, -0.1) is 0 Å². The minimum Gasteiger partial charge on any atom is -0.275 e. The van der Waals surface area contributed by atoms with Crippen LogP contribution >= 0.6 is 0 Å². The Labute approximate surface area is 147 Å². The standard InChI is InChI=1S/C15H9F4N3O5/c1-3-21-13(26)15(2,12(25)20-14(21)27)22-10(23)4-5(11(22)24)7(17)9(19)8(18)6(4)16/h3H2,1-2H3,(H,20,25,27). The van der Waals surface area contributed by atoms with Gasteiger partial charge in [-0.1, -0.05) is 0 Å². The Morgan fingerprint density at radius 3 is 1.70 bits per heavy atom. The van der Waals surface area contributed by atoms with Gasteiger partial charge in [-0.25, -0.2) is 27.3 Å². The molecule has 1 aromatic carbocycles. The number of rotatable bonds is 2. The number of imide groups is 3. The van der Waals surface area contributed by atoms with Gasteiger partial charge in [0.2, 0.25) is 5.54 Å². The van der Waals surface area contributed by atoms with Crippen LogP contribution in [0.5, 0.6) is 0 Å². The fourth-order valence-corrected chi connectivity index (χ4v) is 2.98. The summed E-state index contributed by atoms with van der Waals surface area (Å²) < 4.78 is 54.9. The normalized spacial score (nSPS) is 22.5. The van der Waals surface area contributed by atoms with Crippen molar-refractivity contribution in [3.05, 3.63) is 34.4 Å². The van der Waals surface area contributed by atoms with Gasteiger partial charge in [0.15, 0.2) is 23.3 Å². The lowest BCUT2D eigenvalue weighted by molar-refractivity contribution is -0.149. The van der Waals surface area contributed by atoms with Gasteiger partial charge in [0.25, 0.3) is 23.6 Å². The lowest BCUT2D eigenvalue weighted by Gasteiger charge is -2.40. The van der Waals surface area contributed by atoms with Gasteiger partial charge in [0.05, 0.1) is 11.1 Å². The molecule has 12 heteroatoms. The molecular weight excluding hydrogens is 378 g/mol. The highest BCUT2D eigenvalue weighted by Crippen LogP contribution is 2.36. The van der Waals surface area contributed by atoms with Crippen molar-refractivity contribution in [2.45, 2.75) is 19.4 Å². The van der Waals surface area contributed by atoms with Crippen LogP contribution in [0.2, 0.25) is 0 Å². The van der Waals surface area contributed by atoms with Crippen LogP contribution in [0.3, 0.4) is 0 Å². The Bertz CT molecular complexity index is 932. The summed E-state index contributed by atoms with van der Waals surface area (Å²) in [4.78, 5) is 61.9. The summed E-state index contributed by atoms with van der Waals surface area (Å²) in [5.41, 5.74) is -5.60. The second-order valence-electron chi connectivity index (χ2n) is 5.83. The number of fused-ring (bicyclic) bond motifs is 1. The molecule has 1 unspecified atom stereocenters. The fraction of sp³-hybridized carbons (Fsp3) is 0.267. The largest absolute Gasteiger partial charge is 0.330 e. The summed E-state index contributed by atoms with van der Waals surface area (Å²) in [5.74, 6) is -15.1. The third-order valence-corrected chi connectivity index (χ3v) is 4.43. The molecule has 1 N–H and O–H groups in total. The Morgan fingerprint density at radius 2 is 1.30 bits per heavy atom. The third-order valence-electron chi connectivity index (χ3n) is 4.43. The first-order valence-corrected chi connectivity index (χ1v) is 7.42. The highest BCUT2D eigenvalue weighted by Gasteiger charge is 2.61. The summed E-state index contributed by atoms with van der Waals surface area (Å²) in [6.45, 7) is 1.85. The molecule has 0 radical (unpaired) electrons. The van der Waals surface area contributed by atoms with E-state index in [1.807, 2.05) is 0 Å². The van der Waals surface area contributed by atoms with Crippen LogP contribution < -0.4 is 5.32 Å². The molecule has 3 rings (SSSR count). The third kappa shape index (κ3) is 2.06. The minimum atomic E-state index is -2.71. The lowest BCUT2D eigenvalue weighted by atomic mass is 9.94. The van der Waals surface area contributed by atoms with E-state index in [2.05, 4.69) is 0 Å². The minimum absolute atomic E-state index is 0.116. The van der Waals surface area contributed by atoms with E-state index < -0.39 is 69.6 Å². The Balaban J connectivity index is 2.23. The second-order valence-corrected chi connectivity index (χ2v) is 5.83. The number of nitrogens with one attached hydrogen (secondary N) is 1. The molecule has 0 aromatic heterocycles. The summed E-state index contributed by atoms with van der Waals surface area (Å²) in [6.07, 6.45) is 0. The highest BCUT2D eigenvalue weighted by atomic mass is 19.2. The summed E-state index contributed by atoms with van der Waals surface area (Å²) >= 11 is 0. The second kappa shape index (κ2) is 5.59. The predicted octanol–water partition coefficient (Wildman–Crippen LogP) is 0.696. The van der Waals surface area contributed by atoms with E-state index in [1.54, 1.807) is 5.32 Å². The number of amides is 6. The predicted molar refractivity (Wildman–Crippen MR) is 76.1 cm³/mol. The number of halogens is 4. The van der Waals surface area contributed by atoms with Crippen molar-refractivity contribution in [3.63, 3.8) is 0 Å². The number of hydrogen-bond donors (Lipinski definition) is 1. The van der Waals surface area contributed by atoms with Crippen molar-refractivity contribution in [1.82, 2.24) is 15.1 Å². The van der Waals surface area contributed by atoms with Crippen LogP contribution in [0.25, 0.3) is 0 Å². The van der Waals surface area contributed by atoms with Gasteiger partial charge >= 0.3 is 6.03 Å². The maximum atomic E-state index is 14.0. The van der Waals surface area contributed by atoms with E-state index in [0.29, 0.717) is 4.90 Å². The van der Waals surface area contributed by atoms with E-state index in [-0.39, 0.29) is 11.4 Å². The number of benzene rings is 1. The molecule has 1 atom stereocenters. The van der Waals surface area contributed by atoms with Crippen LogP contribution in [-0.2, 0) is 9.59 Å². The number of barbiturate groups is 1. The van der Waals surface area contributed by atoms with Gasteiger partial charge in [0.1, 0.15) is 0 Å². The van der Waals surface area contributed by atoms with Crippen molar-refractivity contribution in [2.24, 2.45) is 0 Å². The summed E-state index contributed by atoms with van der Waals surface area (Å²) in [7, 11) is 0. The van der Waals surface area contributed by atoms with Crippen molar-refractivity contribution in [3.8, 4) is 0 Å². The molecule has 142 valence electrons. The first kappa shape index (κ1) is 18.5. The number of carbonyl (C=O) groups excluding carboxylic acids is 5. The number of carbonyl (C=O) groups is 5. The van der Waals surface area contributed by atoms with E-state index in [4.69, 9.17) is 0 Å². The monoisotopic (exact) mass is 387 g/mol. The molecule has 1 aromatic rings. The van der Waals surface area contributed by atoms with Crippen molar-refractivity contribution in [1.29, 1.82) is 0 Å². The Hall–Kier alpha value is -3.31. The zero-order valence-corrected chi connectivity index (χ0v) is 13.7. The van der Waals surface area contributed by atoms with E-state index in [0.717, 1.165) is 6.92 Å². The van der Waals surface area contributed by atoms with Gasteiger partial charge in [-0.05, 0) is 13.8 Å². The molecule has 2 heterocycles. The average Bonchev–Trinajstić information content (AvgIpc) is 2.87. The molecular formula is C15H9F4N3O5. The smallest absolute Gasteiger partial charge is 0.275 e. The zero-order valence-electron chi connectivity index (χ0n) is 13.7. The molecule has 0 saturated carbocycles. The molecule has 2 aliphatic heterocycles. The SMILES string of the molecule is CCN1C(=O)NC(=O)C(C)(N2C(=O)c3c(F)c(F)c(F)c(F)c3C2=O)C1=O. The van der Waals surface area contributed by atoms with Crippen molar-refractivity contribution < 1.29 is 41.5 Å². The molecule has 0 bridgehead atoms. The maximum Gasteiger partial charge on any atom is 0.330 e. The molecule has 6 amide bonds. The van der Waals surface area contributed by atoms with Crippen LogP contribution in [-0.4, -0.2) is 51.5 Å². The van der Waals surface area contributed by atoms with Crippen LogP contribution in [0, 0.1) is 23.3 Å². The van der Waals surface area contributed by atoms with Crippen LogP contribution in [0.15, 0.2) is 0 Å². The van der Waals surface area contributed by atoms with Crippen LogP contribution in [0.1, 0.15) is 34.6 Å². The molecule has 0 aliphatic carbocycles. The molecule has 1 saturated heterocycles. The van der Waals surface area contributed by atoms with E-state index >= 15 is 0 Å². The quantitative estimate of drug-likeness (QED) is 0.265. The first-order chi connectivity index (χ1) is 12.5. The molecule has 8 nitrogen and oxygen atoms in total. The Kier molecular flexibility index (Phi) is 3.83. The number of hydrogen-bond acceptors (Lipinski definition) is 5. The maximum absolute atomic E-state index is 14.0. The summed E-state index contributed by atoms with van der Waals surface area (Å²) in [5, 5.41) is 1.74. The number of likely N-dealkylation sites (N-methyl/N-ethyl adjacent to an activating group) is 1. The molecule has 2 aliphatic rings. The highest BCUT2D eigenvalue weighted by molar-refractivity contribution is 6.31. The van der Waals surface area contributed by atoms with E-state index in [9.17, 15) is 41.5 Å². The van der Waals surface area contributed by atoms with Gasteiger partial charge in [-0.3, -0.25) is 29.4 Å². The van der Waals surface area contributed by atoms with Crippen molar-refractivity contribution >= 4 is 29.7 Å². The summed E-state index contributed by atoms with van der Waals surface area (Å²) in [6, 6.07) is -1.13. The zero-order chi connectivity index (χ0) is 20.4. The molecule has 0 spiro atoms. The van der Waals surface area contributed by atoms with Crippen molar-refractivity contribution in [2.75, 3.05) is 6.54 Å². The first-order valence-electron chi connectivity index (χ1n) is 7.42. The van der Waals surface area contributed by atoms with Gasteiger partial charge in [-0.2, -0.15) is 0 Å². The lowest BCUT2D eigenvalue weighted by Crippen LogP contribution is -2.73. The van der Waals surface area contributed by atoms with E-state index in [1.165, 1.54) is 6.92 Å².